The summed E-state index contributed by atoms with van der Waals surface area (Å²) in [6, 6.07) is 7.24. The lowest BCUT2D eigenvalue weighted by Crippen LogP contribution is -2.36. The molecule has 22 heavy (non-hydrogen) atoms. The number of hydrogen-bond acceptors (Lipinski definition) is 4. The van der Waals surface area contributed by atoms with Gasteiger partial charge in [0.05, 0.1) is 11.9 Å². The third-order valence-corrected chi connectivity index (χ3v) is 4.31. The van der Waals surface area contributed by atoms with Gasteiger partial charge in [0.25, 0.3) is 0 Å². The highest BCUT2D eigenvalue weighted by Gasteiger charge is 2.18. The molecule has 0 aliphatic rings. The van der Waals surface area contributed by atoms with E-state index in [1.54, 1.807) is 18.2 Å². The van der Waals surface area contributed by atoms with Crippen LogP contribution in [0.1, 0.15) is 12.0 Å². The van der Waals surface area contributed by atoms with E-state index in [1.807, 2.05) is 32.0 Å². The molecule has 7 heteroatoms. The standard InChI is InChI=1S/C15H25N3O3S/c1-13-6-5-7-14(12-13)18(22(4,20)21)10-8-15(19)16-9-11-17(2)3/h5-7,12H,8-11H2,1-4H3,(H,16,19). The Morgan fingerprint density at radius 1 is 1.23 bits per heavy atom. The fourth-order valence-corrected chi connectivity index (χ4v) is 2.90. The van der Waals surface area contributed by atoms with Crippen LogP contribution in [-0.2, 0) is 14.8 Å². The van der Waals surface area contributed by atoms with Gasteiger partial charge in [-0.1, -0.05) is 12.1 Å². The summed E-state index contributed by atoms with van der Waals surface area (Å²) in [5.41, 5.74) is 1.56. The molecule has 0 saturated carbocycles. The van der Waals surface area contributed by atoms with E-state index in [4.69, 9.17) is 0 Å². The van der Waals surface area contributed by atoms with Gasteiger partial charge < -0.3 is 10.2 Å². The van der Waals surface area contributed by atoms with Crippen LogP contribution in [0.2, 0.25) is 0 Å². The molecule has 1 amide bonds. The Kier molecular flexibility index (Phi) is 6.83. The molecule has 0 unspecified atom stereocenters. The average molecular weight is 327 g/mol. The monoisotopic (exact) mass is 327 g/mol. The van der Waals surface area contributed by atoms with Gasteiger partial charge >= 0.3 is 0 Å². The molecule has 1 aromatic carbocycles. The van der Waals surface area contributed by atoms with Crippen LogP contribution in [0, 0.1) is 6.92 Å². The summed E-state index contributed by atoms with van der Waals surface area (Å²) < 4.78 is 25.2. The first kappa shape index (κ1) is 18.4. The molecule has 0 aliphatic heterocycles. The molecule has 6 nitrogen and oxygen atoms in total. The number of carbonyl (C=O) groups is 1. The summed E-state index contributed by atoms with van der Waals surface area (Å²) in [7, 11) is 0.433. The lowest BCUT2D eigenvalue weighted by Gasteiger charge is -2.22. The zero-order chi connectivity index (χ0) is 16.8. The smallest absolute Gasteiger partial charge is 0.232 e. The Morgan fingerprint density at radius 2 is 1.91 bits per heavy atom. The molecule has 0 atom stereocenters. The van der Waals surface area contributed by atoms with Crippen LogP contribution in [0.15, 0.2) is 24.3 Å². The maximum atomic E-state index is 11.9. The van der Waals surface area contributed by atoms with Crippen LogP contribution in [-0.4, -0.2) is 59.2 Å². The molecule has 0 fully saturated rings. The molecule has 0 aliphatic carbocycles. The van der Waals surface area contributed by atoms with Crippen LogP contribution in [0.4, 0.5) is 5.69 Å². The summed E-state index contributed by atoms with van der Waals surface area (Å²) in [6.45, 7) is 3.34. The summed E-state index contributed by atoms with van der Waals surface area (Å²) in [5, 5.41) is 2.78. The van der Waals surface area contributed by atoms with Gasteiger partial charge in [-0.05, 0) is 38.7 Å². The Bertz CT molecular complexity index is 600. The maximum absolute atomic E-state index is 11.9. The molecular formula is C15H25N3O3S. The van der Waals surface area contributed by atoms with E-state index in [1.165, 1.54) is 4.31 Å². The second-order valence-electron chi connectivity index (χ2n) is 5.58. The predicted molar refractivity (Wildman–Crippen MR) is 89.5 cm³/mol. The Balaban J connectivity index is 2.66. The van der Waals surface area contributed by atoms with Crippen LogP contribution in [0.3, 0.4) is 0 Å². The molecule has 0 aromatic heterocycles. The van der Waals surface area contributed by atoms with Gasteiger partial charge in [-0.25, -0.2) is 8.42 Å². The van der Waals surface area contributed by atoms with E-state index in [9.17, 15) is 13.2 Å². The van der Waals surface area contributed by atoms with Crippen LogP contribution in [0.25, 0.3) is 0 Å². The van der Waals surface area contributed by atoms with Crippen molar-refractivity contribution in [3.63, 3.8) is 0 Å². The highest BCUT2D eigenvalue weighted by atomic mass is 32.2. The lowest BCUT2D eigenvalue weighted by atomic mass is 10.2. The molecule has 0 heterocycles. The lowest BCUT2D eigenvalue weighted by molar-refractivity contribution is -0.120. The second-order valence-corrected chi connectivity index (χ2v) is 7.48. The van der Waals surface area contributed by atoms with E-state index < -0.39 is 10.0 Å². The molecule has 1 aromatic rings. The van der Waals surface area contributed by atoms with Gasteiger partial charge in [-0.3, -0.25) is 9.10 Å². The van der Waals surface area contributed by atoms with E-state index in [-0.39, 0.29) is 18.9 Å². The molecule has 1 rings (SSSR count). The van der Waals surface area contributed by atoms with E-state index >= 15 is 0 Å². The molecule has 0 spiro atoms. The van der Waals surface area contributed by atoms with Gasteiger partial charge in [0.15, 0.2) is 0 Å². The Morgan fingerprint density at radius 3 is 2.45 bits per heavy atom. The second kappa shape index (κ2) is 8.14. The number of nitrogens with zero attached hydrogens (tertiary/aromatic N) is 2. The number of anilines is 1. The van der Waals surface area contributed by atoms with Crippen molar-refractivity contribution in [1.29, 1.82) is 0 Å². The van der Waals surface area contributed by atoms with Crippen molar-refractivity contribution in [1.82, 2.24) is 10.2 Å². The zero-order valence-electron chi connectivity index (χ0n) is 13.7. The van der Waals surface area contributed by atoms with Crippen molar-refractivity contribution in [2.75, 3.05) is 44.3 Å². The van der Waals surface area contributed by atoms with E-state index in [0.29, 0.717) is 12.2 Å². The van der Waals surface area contributed by atoms with Gasteiger partial charge in [0, 0.05) is 26.1 Å². The number of hydrogen-bond donors (Lipinski definition) is 1. The maximum Gasteiger partial charge on any atom is 0.232 e. The highest BCUT2D eigenvalue weighted by molar-refractivity contribution is 7.92. The van der Waals surface area contributed by atoms with Crippen molar-refractivity contribution in [3.8, 4) is 0 Å². The minimum absolute atomic E-state index is 0.133. The number of nitrogens with one attached hydrogen (secondary N) is 1. The van der Waals surface area contributed by atoms with E-state index in [0.717, 1.165) is 18.4 Å². The number of amides is 1. The largest absolute Gasteiger partial charge is 0.355 e. The average Bonchev–Trinajstić information content (AvgIpc) is 2.37. The highest BCUT2D eigenvalue weighted by Crippen LogP contribution is 2.19. The third-order valence-electron chi connectivity index (χ3n) is 3.11. The van der Waals surface area contributed by atoms with Gasteiger partial charge in [-0.15, -0.1) is 0 Å². The van der Waals surface area contributed by atoms with Crippen LogP contribution in [0.5, 0.6) is 0 Å². The summed E-state index contributed by atoms with van der Waals surface area (Å²) >= 11 is 0. The quantitative estimate of drug-likeness (QED) is 0.768. The van der Waals surface area contributed by atoms with Crippen molar-refractivity contribution in [3.05, 3.63) is 29.8 Å². The van der Waals surface area contributed by atoms with Crippen molar-refractivity contribution >= 4 is 21.6 Å². The fraction of sp³-hybridized carbons (Fsp3) is 0.533. The van der Waals surface area contributed by atoms with Crippen LogP contribution >= 0.6 is 0 Å². The summed E-state index contributed by atoms with van der Waals surface area (Å²) in [6.07, 6.45) is 1.29. The number of likely N-dealkylation sites (N-methyl/N-ethyl adjacent to an activating group) is 1. The van der Waals surface area contributed by atoms with Gasteiger partial charge in [0.2, 0.25) is 15.9 Å². The first-order chi connectivity index (χ1) is 10.2. The number of rotatable bonds is 8. The molecular weight excluding hydrogens is 302 g/mol. The number of aryl methyl sites for hydroxylation is 1. The molecule has 0 radical (unpaired) electrons. The van der Waals surface area contributed by atoms with Crippen molar-refractivity contribution in [2.45, 2.75) is 13.3 Å². The summed E-state index contributed by atoms with van der Waals surface area (Å²) in [5.74, 6) is -0.150. The number of benzene rings is 1. The van der Waals surface area contributed by atoms with Crippen molar-refractivity contribution in [2.24, 2.45) is 0 Å². The zero-order valence-corrected chi connectivity index (χ0v) is 14.5. The molecule has 0 saturated heterocycles. The summed E-state index contributed by atoms with van der Waals surface area (Å²) in [4.78, 5) is 13.8. The first-order valence-corrected chi connectivity index (χ1v) is 9.01. The van der Waals surface area contributed by atoms with Crippen LogP contribution < -0.4 is 9.62 Å². The minimum atomic E-state index is -3.42. The molecule has 124 valence electrons. The minimum Gasteiger partial charge on any atom is -0.355 e. The topological polar surface area (TPSA) is 69.7 Å². The molecule has 0 bridgehead atoms. The first-order valence-electron chi connectivity index (χ1n) is 7.16. The Labute approximate surface area is 133 Å². The normalized spacial score (nSPS) is 11.5. The van der Waals surface area contributed by atoms with Crippen molar-refractivity contribution < 1.29 is 13.2 Å². The fourth-order valence-electron chi connectivity index (χ4n) is 1.98. The number of sulfonamides is 1. The Hall–Kier alpha value is -1.60. The van der Waals surface area contributed by atoms with Gasteiger partial charge in [-0.2, -0.15) is 0 Å². The van der Waals surface area contributed by atoms with E-state index in [2.05, 4.69) is 5.32 Å². The predicted octanol–water partition coefficient (Wildman–Crippen LogP) is 0.829. The molecule has 1 N–H and O–H groups in total. The van der Waals surface area contributed by atoms with Gasteiger partial charge in [0.1, 0.15) is 0 Å². The number of carbonyl (C=O) groups excluding carboxylic acids is 1. The SMILES string of the molecule is Cc1cccc(N(CCC(=O)NCCN(C)C)S(C)(=O)=O)c1. The third kappa shape index (κ3) is 6.44.